The summed E-state index contributed by atoms with van der Waals surface area (Å²) in [6.45, 7) is 2.27. The van der Waals surface area contributed by atoms with Crippen LogP contribution in [0.4, 0.5) is 0 Å². The van der Waals surface area contributed by atoms with Gasteiger partial charge in [-0.3, -0.25) is 5.32 Å². The van der Waals surface area contributed by atoms with E-state index in [1.54, 1.807) is 14.2 Å². The Kier molecular flexibility index (Phi) is 11.8. The Balaban J connectivity index is 2.17. The first-order valence-electron chi connectivity index (χ1n) is 9.06. The number of rotatable bonds is 14. The topological polar surface area (TPSA) is 65.7 Å². The van der Waals surface area contributed by atoms with Crippen LogP contribution >= 0.6 is 0 Å². The van der Waals surface area contributed by atoms with Crippen LogP contribution in [0.2, 0.25) is 6.04 Å². The molecule has 1 aliphatic carbocycles. The van der Waals surface area contributed by atoms with Crippen LogP contribution in [-0.4, -0.2) is 42.8 Å². The Morgan fingerprint density at radius 1 is 1.13 bits per heavy atom. The lowest BCUT2D eigenvalue weighted by Gasteiger charge is -2.28. The molecule has 1 unspecified atom stereocenters. The van der Waals surface area contributed by atoms with Crippen LogP contribution < -0.4 is 11.1 Å². The lowest BCUT2D eigenvalue weighted by molar-refractivity contribution is 0.0880. The zero-order valence-corrected chi connectivity index (χ0v) is 16.0. The summed E-state index contributed by atoms with van der Waals surface area (Å²) in [4.78, 5) is 0. The van der Waals surface area contributed by atoms with Crippen LogP contribution in [0.1, 0.15) is 51.4 Å². The SMILES string of the molecule is CO[Si](CCC1CC=CCC1)(OC)OCNCCCCCCN. The number of hydrogen-bond acceptors (Lipinski definition) is 5. The van der Waals surface area contributed by atoms with Gasteiger partial charge in [-0.15, -0.1) is 0 Å². The normalized spacial score (nSPS) is 18.5. The van der Waals surface area contributed by atoms with Crippen molar-refractivity contribution in [2.45, 2.75) is 57.4 Å². The van der Waals surface area contributed by atoms with E-state index in [0.717, 1.165) is 44.3 Å². The fraction of sp³-hybridized carbons (Fsp3) is 0.882. The minimum Gasteiger partial charge on any atom is -0.377 e. The first kappa shape index (κ1) is 20.8. The van der Waals surface area contributed by atoms with Crippen molar-refractivity contribution in [3.63, 3.8) is 0 Å². The summed E-state index contributed by atoms with van der Waals surface area (Å²) in [5.41, 5.74) is 5.49. The summed E-state index contributed by atoms with van der Waals surface area (Å²) >= 11 is 0. The minimum absolute atomic E-state index is 0.509. The lowest BCUT2D eigenvalue weighted by Crippen LogP contribution is -2.46. The van der Waals surface area contributed by atoms with E-state index in [4.69, 9.17) is 19.0 Å². The molecule has 0 radical (unpaired) electrons. The maximum Gasteiger partial charge on any atom is 0.501 e. The molecule has 0 saturated carbocycles. The van der Waals surface area contributed by atoms with Gasteiger partial charge in [0.25, 0.3) is 0 Å². The lowest BCUT2D eigenvalue weighted by atomic mass is 9.92. The molecule has 0 aromatic heterocycles. The molecule has 0 fully saturated rings. The highest BCUT2D eigenvalue weighted by Crippen LogP contribution is 2.27. The van der Waals surface area contributed by atoms with Crippen molar-refractivity contribution in [3.05, 3.63) is 12.2 Å². The van der Waals surface area contributed by atoms with E-state index in [1.807, 2.05) is 0 Å². The van der Waals surface area contributed by atoms with Gasteiger partial charge < -0.3 is 19.0 Å². The molecule has 1 rings (SSSR count). The summed E-state index contributed by atoms with van der Waals surface area (Å²) in [7, 11) is 0.912. The van der Waals surface area contributed by atoms with Crippen molar-refractivity contribution in [1.29, 1.82) is 0 Å². The molecule has 3 N–H and O–H groups in total. The van der Waals surface area contributed by atoms with Crippen molar-refractivity contribution < 1.29 is 13.3 Å². The maximum absolute atomic E-state index is 5.99. The van der Waals surface area contributed by atoms with Gasteiger partial charge in [0.2, 0.25) is 0 Å². The highest BCUT2D eigenvalue weighted by molar-refractivity contribution is 6.60. The quantitative estimate of drug-likeness (QED) is 0.219. The molecule has 6 heteroatoms. The van der Waals surface area contributed by atoms with E-state index in [-0.39, 0.29) is 0 Å². The molecule has 5 nitrogen and oxygen atoms in total. The monoisotopic (exact) mass is 344 g/mol. The Labute approximate surface area is 143 Å². The van der Waals surface area contributed by atoms with Crippen LogP contribution in [0.5, 0.6) is 0 Å². The van der Waals surface area contributed by atoms with E-state index >= 15 is 0 Å². The molecule has 0 spiro atoms. The van der Waals surface area contributed by atoms with E-state index in [0.29, 0.717) is 6.73 Å². The zero-order valence-electron chi connectivity index (χ0n) is 15.0. The van der Waals surface area contributed by atoms with Crippen LogP contribution in [-0.2, 0) is 13.3 Å². The second kappa shape index (κ2) is 13.1. The fourth-order valence-electron chi connectivity index (χ4n) is 2.96. The number of nitrogens with one attached hydrogen (secondary N) is 1. The first-order chi connectivity index (χ1) is 11.3. The van der Waals surface area contributed by atoms with Crippen LogP contribution in [0.3, 0.4) is 0 Å². The average molecular weight is 345 g/mol. The van der Waals surface area contributed by atoms with Gasteiger partial charge in [-0.05, 0) is 57.5 Å². The fourth-order valence-corrected chi connectivity index (χ4v) is 5.00. The minimum atomic E-state index is -2.51. The molecule has 23 heavy (non-hydrogen) atoms. The Morgan fingerprint density at radius 2 is 1.91 bits per heavy atom. The van der Waals surface area contributed by atoms with Crippen molar-refractivity contribution in [1.82, 2.24) is 5.32 Å². The van der Waals surface area contributed by atoms with E-state index in [9.17, 15) is 0 Å². The third-order valence-electron chi connectivity index (χ3n) is 4.56. The summed E-state index contributed by atoms with van der Waals surface area (Å²) < 4.78 is 17.3. The Hall–Kier alpha value is -0.243. The first-order valence-corrected chi connectivity index (χ1v) is 11.0. The van der Waals surface area contributed by atoms with Crippen molar-refractivity contribution >= 4 is 8.80 Å². The molecule has 0 heterocycles. The third-order valence-corrected chi connectivity index (χ3v) is 7.29. The second-order valence-corrected chi connectivity index (χ2v) is 9.24. The summed E-state index contributed by atoms with van der Waals surface area (Å²) in [6, 6.07) is 0.899. The smallest absolute Gasteiger partial charge is 0.377 e. The van der Waals surface area contributed by atoms with Crippen molar-refractivity contribution in [2.75, 3.05) is 34.0 Å². The van der Waals surface area contributed by atoms with E-state index in [2.05, 4.69) is 17.5 Å². The second-order valence-electron chi connectivity index (χ2n) is 6.27. The molecule has 0 saturated heterocycles. The molecule has 1 atom stereocenters. The Bertz CT molecular complexity index is 312. The molecule has 0 aromatic carbocycles. The van der Waals surface area contributed by atoms with Gasteiger partial charge in [0, 0.05) is 20.3 Å². The zero-order chi connectivity index (χ0) is 16.8. The van der Waals surface area contributed by atoms with Gasteiger partial charge in [-0.2, -0.15) is 0 Å². The molecular weight excluding hydrogens is 308 g/mol. The number of unbranched alkanes of at least 4 members (excludes halogenated alkanes) is 3. The average Bonchev–Trinajstić information content (AvgIpc) is 2.61. The number of hydrogen-bond donors (Lipinski definition) is 2. The van der Waals surface area contributed by atoms with Gasteiger partial charge in [0.05, 0.1) is 6.73 Å². The molecular formula is C17H36N2O3Si. The number of nitrogens with two attached hydrogens (primary N) is 1. The molecule has 0 aliphatic heterocycles. The third kappa shape index (κ3) is 8.98. The van der Waals surface area contributed by atoms with Crippen molar-refractivity contribution in [2.24, 2.45) is 11.7 Å². The summed E-state index contributed by atoms with van der Waals surface area (Å²) in [5.74, 6) is 0.747. The molecule has 0 aromatic rings. The van der Waals surface area contributed by atoms with E-state index < -0.39 is 8.80 Å². The molecule has 1 aliphatic rings. The number of allylic oxidation sites excluding steroid dienone is 2. The van der Waals surface area contributed by atoms with Gasteiger partial charge in [0.1, 0.15) is 0 Å². The van der Waals surface area contributed by atoms with E-state index in [1.165, 1.54) is 32.1 Å². The van der Waals surface area contributed by atoms with Gasteiger partial charge in [-0.25, -0.2) is 0 Å². The van der Waals surface area contributed by atoms with Crippen LogP contribution in [0.15, 0.2) is 12.2 Å². The Morgan fingerprint density at radius 3 is 2.57 bits per heavy atom. The predicted octanol–water partition coefficient (Wildman–Crippen LogP) is 3.05. The molecule has 136 valence electrons. The van der Waals surface area contributed by atoms with Crippen molar-refractivity contribution in [3.8, 4) is 0 Å². The molecule has 0 bridgehead atoms. The summed E-state index contributed by atoms with van der Waals surface area (Å²) in [6.07, 6.45) is 14.1. The maximum atomic E-state index is 5.99. The highest BCUT2D eigenvalue weighted by atomic mass is 28.4. The summed E-state index contributed by atoms with van der Waals surface area (Å²) in [5, 5.41) is 3.33. The standard InChI is InChI=1S/C17H36N2O3Si/c1-20-23(21-2,15-12-17-10-6-5-7-11-17)22-16-19-14-9-4-3-8-13-18/h5-6,17,19H,3-4,7-16,18H2,1-2H3. The van der Waals surface area contributed by atoms with Gasteiger partial charge in [-0.1, -0.05) is 25.0 Å². The largest absolute Gasteiger partial charge is 0.501 e. The van der Waals surface area contributed by atoms with Crippen LogP contribution in [0.25, 0.3) is 0 Å². The predicted molar refractivity (Wildman–Crippen MR) is 97.2 cm³/mol. The van der Waals surface area contributed by atoms with Crippen LogP contribution in [0, 0.1) is 5.92 Å². The van der Waals surface area contributed by atoms with Gasteiger partial charge in [0.15, 0.2) is 0 Å². The van der Waals surface area contributed by atoms with Gasteiger partial charge >= 0.3 is 8.80 Å². The highest BCUT2D eigenvalue weighted by Gasteiger charge is 2.39. The molecule has 0 amide bonds.